The van der Waals surface area contributed by atoms with Crippen molar-refractivity contribution in [2.45, 2.75) is 6.18 Å². The number of amides is 2. The first-order chi connectivity index (χ1) is 9.88. The van der Waals surface area contributed by atoms with Crippen molar-refractivity contribution in [3.05, 3.63) is 29.8 Å². The highest BCUT2D eigenvalue weighted by Gasteiger charge is 2.30. The average Bonchev–Trinajstić information content (AvgIpc) is 2.85. The number of benzene rings is 1. The van der Waals surface area contributed by atoms with Crippen LogP contribution in [-0.2, 0) is 6.18 Å². The fourth-order valence-corrected chi connectivity index (χ4v) is 1.44. The number of alkyl halides is 3. The van der Waals surface area contributed by atoms with Crippen molar-refractivity contribution < 1.29 is 22.7 Å². The van der Waals surface area contributed by atoms with Gasteiger partial charge in [-0.15, -0.1) is 5.10 Å². The van der Waals surface area contributed by atoms with Crippen LogP contribution in [0.1, 0.15) is 5.56 Å². The van der Waals surface area contributed by atoms with Gasteiger partial charge in [0.05, 0.1) is 12.7 Å². The summed E-state index contributed by atoms with van der Waals surface area (Å²) in [6.45, 7) is 0. The first-order valence-corrected chi connectivity index (χ1v) is 5.60. The molecule has 2 rings (SSSR count). The summed E-state index contributed by atoms with van der Waals surface area (Å²) >= 11 is 0. The lowest BCUT2D eigenvalue weighted by Crippen LogP contribution is -2.20. The molecule has 2 aromatic rings. The fraction of sp³-hybridized carbons (Fsp3) is 0.182. The molecular weight excluding hydrogens is 291 g/mol. The number of aromatic amines is 1. The Kier molecular flexibility index (Phi) is 3.96. The van der Waals surface area contributed by atoms with E-state index >= 15 is 0 Å². The molecule has 0 bridgehead atoms. The number of ether oxygens (including phenoxy) is 1. The van der Waals surface area contributed by atoms with Crippen LogP contribution in [-0.4, -0.2) is 28.3 Å². The Labute approximate surface area is 116 Å². The Hall–Kier alpha value is -2.78. The van der Waals surface area contributed by atoms with Gasteiger partial charge in [-0.1, -0.05) is 6.07 Å². The van der Waals surface area contributed by atoms with Gasteiger partial charge in [0.15, 0.2) is 0 Å². The molecule has 1 heterocycles. The maximum atomic E-state index is 12.5. The van der Waals surface area contributed by atoms with Gasteiger partial charge in [0.2, 0.25) is 5.95 Å². The molecule has 0 fully saturated rings. The summed E-state index contributed by atoms with van der Waals surface area (Å²) in [5.74, 6) is -0.00340. The van der Waals surface area contributed by atoms with Crippen LogP contribution < -0.4 is 15.4 Å². The molecule has 21 heavy (non-hydrogen) atoms. The molecule has 112 valence electrons. The maximum Gasteiger partial charge on any atom is 0.416 e. The molecule has 0 spiro atoms. The van der Waals surface area contributed by atoms with Crippen molar-refractivity contribution in [2.75, 3.05) is 17.7 Å². The van der Waals surface area contributed by atoms with Crippen molar-refractivity contribution in [1.82, 2.24) is 15.2 Å². The number of halogens is 3. The standard InChI is InChI=1S/C11H10F3N5O2/c1-21-10-17-8(18-19-10)16-9(20)15-7-4-2-3-6(5-7)11(12,13)14/h2-5H,1H3,(H3,15,16,17,18,19,20). The second-order valence-corrected chi connectivity index (χ2v) is 3.83. The van der Waals surface area contributed by atoms with Crippen LogP contribution in [0.4, 0.5) is 29.6 Å². The van der Waals surface area contributed by atoms with E-state index < -0.39 is 17.8 Å². The summed E-state index contributed by atoms with van der Waals surface area (Å²) in [7, 11) is 1.34. The number of rotatable bonds is 3. The first-order valence-electron chi connectivity index (χ1n) is 5.60. The summed E-state index contributed by atoms with van der Waals surface area (Å²) in [5, 5.41) is 10.5. The molecule has 0 saturated carbocycles. The molecular formula is C11H10F3N5O2. The summed E-state index contributed by atoms with van der Waals surface area (Å²) in [5.41, 5.74) is -0.865. The molecule has 0 saturated heterocycles. The number of urea groups is 1. The Morgan fingerprint density at radius 1 is 1.33 bits per heavy atom. The number of anilines is 2. The highest BCUT2D eigenvalue weighted by atomic mass is 19.4. The van der Waals surface area contributed by atoms with Gasteiger partial charge in [0, 0.05) is 5.69 Å². The number of nitrogens with one attached hydrogen (secondary N) is 3. The van der Waals surface area contributed by atoms with Crippen LogP contribution in [0.3, 0.4) is 0 Å². The molecule has 7 nitrogen and oxygen atoms in total. The van der Waals surface area contributed by atoms with E-state index in [1.54, 1.807) is 0 Å². The van der Waals surface area contributed by atoms with E-state index in [9.17, 15) is 18.0 Å². The van der Waals surface area contributed by atoms with Gasteiger partial charge in [-0.25, -0.2) is 9.89 Å². The molecule has 2 amide bonds. The van der Waals surface area contributed by atoms with Crippen molar-refractivity contribution in [3.63, 3.8) is 0 Å². The molecule has 3 N–H and O–H groups in total. The van der Waals surface area contributed by atoms with Crippen LogP contribution in [0.15, 0.2) is 24.3 Å². The smallest absolute Gasteiger partial charge is 0.416 e. The van der Waals surface area contributed by atoms with E-state index in [0.717, 1.165) is 12.1 Å². The molecule has 0 aliphatic rings. The average molecular weight is 301 g/mol. The highest BCUT2D eigenvalue weighted by molar-refractivity contribution is 5.98. The number of aromatic nitrogens is 3. The normalized spacial score (nSPS) is 11.0. The Morgan fingerprint density at radius 3 is 2.71 bits per heavy atom. The number of carbonyl (C=O) groups excluding carboxylic acids is 1. The lowest BCUT2D eigenvalue weighted by Gasteiger charge is -2.09. The van der Waals surface area contributed by atoms with Crippen LogP contribution in [0.5, 0.6) is 6.01 Å². The lowest BCUT2D eigenvalue weighted by atomic mass is 10.2. The maximum absolute atomic E-state index is 12.5. The quantitative estimate of drug-likeness (QED) is 0.812. The van der Waals surface area contributed by atoms with E-state index in [4.69, 9.17) is 4.74 Å². The van der Waals surface area contributed by atoms with Crippen molar-refractivity contribution in [3.8, 4) is 6.01 Å². The Balaban J connectivity index is 2.02. The Morgan fingerprint density at radius 2 is 2.10 bits per heavy atom. The van der Waals surface area contributed by atoms with Crippen LogP contribution in [0.25, 0.3) is 0 Å². The third kappa shape index (κ3) is 3.84. The summed E-state index contributed by atoms with van der Waals surface area (Å²) < 4.78 is 42.3. The van der Waals surface area contributed by atoms with Crippen LogP contribution in [0.2, 0.25) is 0 Å². The second kappa shape index (κ2) is 5.69. The molecule has 10 heteroatoms. The number of methoxy groups -OCH3 is 1. The van der Waals surface area contributed by atoms with E-state index in [2.05, 4.69) is 25.8 Å². The monoisotopic (exact) mass is 301 g/mol. The first kappa shape index (κ1) is 14.6. The van der Waals surface area contributed by atoms with Gasteiger partial charge in [0.1, 0.15) is 0 Å². The fourth-order valence-electron chi connectivity index (χ4n) is 1.44. The van der Waals surface area contributed by atoms with E-state index in [1.165, 1.54) is 19.2 Å². The molecule has 0 aliphatic carbocycles. The topological polar surface area (TPSA) is 91.9 Å². The molecule has 0 radical (unpaired) electrons. The van der Waals surface area contributed by atoms with Gasteiger partial charge in [-0.05, 0) is 18.2 Å². The van der Waals surface area contributed by atoms with E-state index in [-0.39, 0.29) is 17.6 Å². The van der Waals surface area contributed by atoms with Crippen molar-refractivity contribution in [1.29, 1.82) is 0 Å². The number of hydrogen-bond donors (Lipinski definition) is 3. The molecule has 0 atom stereocenters. The predicted molar refractivity (Wildman–Crippen MR) is 67.0 cm³/mol. The van der Waals surface area contributed by atoms with Gasteiger partial charge in [0.25, 0.3) is 0 Å². The zero-order chi connectivity index (χ0) is 15.5. The largest absolute Gasteiger partial charge is 0.466 e. The minimum Gasteiger partial charge on any atom is -0.466 e. The SMILES string of the molecule is COc1n[nH]c(NC(=O)Nc2cccc(C(F)(F)F)c2)n1. The van der Waals surface area contributed by atoms with Crippen LogP contribution in [0, 0.1) is 0 Å². The highest BCUT2D eigenvalue weighted by Crippen LogP contribution is 2.30. The number of nitrogens with zero attached hydrogens (tertiary/aromatic N) is 2. The number of H-pyrrole nitrogens is 1. The van der Waals surface area contributed by atoms with Gasteiger partial charge in [-0.2, -0.15) is 18.2 Å². The summed E-state index contributed by atoms with van der Waals surface area (Å²) in [4.78, 5) is 15.3. The zero-order valence-corrected chi connectivity index (χ0v) is 10.7. The van der Waals surface area contributed by atoms with Gasteiger partial charge < -0.3 is 10.1 Å². The summed E-state index contributed by atoms with van der Waals surface area (Å²) in [6, 6.07) is 3.49. The third-order valence-electron chi connectivity index (χ3n) is 2.33. The van der Waals surface area contributed by atoms with Gasteiger partial charge in [-0.3, -0.25) is 5.32 Å². The van der Waals surface area contributed by atoms with Crippen molar-refractivity contribution in [2.24, 2.45) is 0 Å². The number of carbonyl (C=O) groups is 1. The van der Waals surface area contributed by atoms with Crippen LogP contribution >= 0.6 is 0 Å². The van der Waals surface area contributed by atoms with Crippen molar-refractivity contribution >= 4 is 17.7 Å². The Bertz CT molecular complexity index is 641. The zero-order valence-electron chi connectivity index (χ0n) is 10.7. The third-order valence-corrected chi connectivity index (χ3v) is 2.33. The van der Waals surface area contributed by atoms with Gasteiger partial charge >= 0.3 is 18.2 Å². The second-order valence-electron chi connectivity index (χ2n) is 3.83. The summed E-state index contributed by atoms with van der Waals surface area (Å²) in [6.07, 6.45) is -4.48. The minimum atomic E-state index is -4.48. The molecule has 0 unspecified atom stereocenters. The van der Waals surface area contributed by atoms with E-state index in [0.29, 0.717) is 0 Å². The molecule has 0 aliphatic heterocycles. The van der Waals surface area contributed by atoms with E-state index in [1.807, 2.05) is 0 Å². The minimum absolute atomic E-state index is 0.00340. The predicted octanol–water partition coefficient (Wildman–Crippen LogP) is 2.48. The number of hydrogen-bond acceptors (Lipinski definition) is 4. The lowest BCUT2D eigenvalue weighted by molar-refractivity contribution is -0.137. The molecule has 1 aromatic heterocycles. The molecule has 1 aromatic carbocycles.